The number of methoxy groups -OCH3 is 1. The van der Waals surface area contributed by atoms with Crippen LogP contribution >= 0.6 is 0 Å². The van der Waals surface area contributed by atoms with Gasteiger partial charge in [0.1, 0.15) is 16.7 Å². The topological polar surface area (TPSA) is 90.9 Å². The van der Waals surface area contributed by atoms with Gasteiger partial charge < -0.3 is 14.2 Å². The van der Waals surface area contributed by atoms with Crippen LogP contribution in [0.25, 0.3) is 0 Å². The highest BCUT2D eigenvalue weighted by Gasteiger charge is 2.38. The minimum Gasteiger partial charge on any atom is -0.477 e. The summed E-state index contributed by atoms with van der Waals surface area (Å²) >= 11 is 0. The molecule has 1 aromatic heterocycles. The summed E-state index contributed by atoms with van der Waals surface area (Å²) in [6.07, 6.45) is -2.44. The molecule has 1 atom stereocenters. The molecule has 1 aliphatic rings. The van der Waals surface area contributed by atoms with Gasteiger partial charge in [-0.1, -0.05) is 12.1 Å². The van der Waals surface area contributed by atoms with Gasteiger partial charge in [-0.2, -0.15) is 4.31 Å². The zero-order chi connectivity index (χ0) is 20.4. The number of ether oxygens (including phenoxy) is 3. The molecule has 1 fully saturated rings. The zero-order valence-corrected chi connectivity index (χ0v) is 15.4. The van der Waals surface area contributed by atoms with E-state index in [2.05, 4.69) is 14.7 Å². The highest BCUT2D eigenvalue weighted by atomic mass is 32.2. The van der Waals surface area contributed by atoms with Gasteiger partial charge in [-0.05, 0) is 18.6 Å². The standard InChI is InChI=1S/C16H16F3N3O5S/c1-25-14-15(21-8-7-20-14)26-11-6-9-22(10-11)28(23,24)13-5-3-2-4-12(13)27-16(17,18)19/h2-5,7-8,11H,6,9-10H2,1H3. The fourth-order valence-electron chi connectivity index (χ4n) is 2.71. The number of benzene rings is 1. The van der Waals surface area contributed by atoms with E-state index in [1.165, 1.54) is 31.6 Å². The van der Waals surface area contributed by atoms with Crippen molar-refractivity contribution in [3.05, 3.63) is 36.7 Å². The second kappa shape index (κ2) is 7.80. The first-order chi connectivity index (χ1) is 13.2. The lowest BCUT2D eigenvalue weighted by Crippen LogP contribution is -2.32. The molecule has 3 rings (SSSR count). The molecule has 0 N–H and O–H groups in total. The molecule has 28 heavy (non-hydrogen) atoms. The number of alkyl halides is 3. The molecule has 1 unspecified atom stereocenters. The van der Waals surface area contributed by atoms with Crippen molar-refractivity contribution in [2.24, 2.45) is 0 Å². The molecule has 0 aliphatic carbocycles. The number of aromatic nitrogens is 2. The third-order valence-electron chi connectivity index (χ3n) is 3.91. The van der Waals surface area contributed by atoms with Crippen LogP contribution in [-0.4, -0.2) is 55.4 Å². The fourth-order valence-corrected chi connectivity index (χ4v) is 4.32. The van der Waals surface area contributed by atoms with E-state index >= 15 is 0 Å². The highest BCUT2D eigenvalue weighted by molar-refractivity contribution is 7.89. The lowest BCUT2D eigenvalue weighted by atomic mass is 10.3. The number of para-hydroxylation sites is 1. The maximum Gasteiger partial charge on any atom is 0.573 e. The van der Waals surface area contributed by atoms with Gasteiger partial charge in [-0.3, -0.25) is 0 Å². The molecule has 152 valence electrons. The summed E-state index contributed by atoms with van der Waals surface area (Å²) in [5, 5.41) is 0. The van der Waals surface area contributed by atoms with Crippen LogP contribution in [0.15, 0.2) is 41.6 Å². The number of halogens is 3. The minimum atomic E-state index is -5.01. The van der Waals surface area contributed by atoms with Crippen molar-refractivity contribution in [2.75, 3.05) is 20.2 Å². The number of hydrogen-bond donors (Lipinski definition) is 0. The SMILES string of the molecule is COc1nccnc1OC1CCN(S(=O)(=O)c2ccccc2OC(F)(F)F)C1. The average molecular weight is 419 g/mol. The Kier molecular flexibility index (Phi) is 5.61. The highest BCUT2D eigenvalue weighted by Crippen LogP contribution is 2.33. The van der Waals surface area contributed by atoms with Gasteiger partial charge in [0.25, 0.3) is 11.8 Å². The van der Waals surface area contributed by atoms with E-state index in [9.17, 15) is 21.6 Å². The molecule has 0 amide bonds. The Labute approximate surface area is 158 Å². The van der Waals surface area contributed by atoms with Crippen LogP contribution in [-0.2, 0) is 10.0 Å². The molecule has 0 bridgehead atoms. The molecule has 12 heteroatoms. The zero-order valence-electron chi connectivity index (χ0n) is 14.6. The molecular weight excluding hydrogens is 403 g/mol. The first-order valence-electron chi connectivity index (χ1n) is 8.07. The van der Waals surface area contributed by atoms with Crippen LogP contribution in [0.5, 0.6) is 17.5 Å². The van der Waals surface area contributed by atoms with Crippen LogP contribution in [0, 0.1) is 0 Å². The van der Waals surface area contributed by atoms with Crippen molar-refractivity contribution in [1.82, 2.24) is 14.3 Å². The van der Waals surface area contributed by atoms with Crippen LogP contribution in [0.1, 0.15) is 6.42 Å². The molecule has 1 aliphatic heterocycles. The number of rotatable bonds is 6. The predicted octanol–water partition coefficient (Wildman–Crippen LogP) is 2.23. The van der Waals surface area contributed by atoms with E-state index in [1.807, 2.05) is 0 Å². The normalized spacial score (nSPS) is 18.1. The lowest BCUT2D eigenvalue weighted by Gasteiger charge is -2.19. The summed E-state index contributed by atoms with van der Waals surface area (Å²) < 4.78 is 79.0. The maximum atomic E-state index is 12.8. The van der Waals surface area contributed by atoms with Crippen LogP contribution in [0.4, 0.5) is 13.2 Å². The van der Waals surface area contributed by atoms with Crippen molar-refractivity contribution in [3.8, 4) is 17.5 Å². The van der Waals surface area contributed by atoms with Crippen molar-refractivity contribution in [3.63, 3.8) is 0 Å². The van der Waals surface area contributed by atoms with Crippen LogP contribution in [0.3, 0.4) is 0 Å². The molecule has 0 radical (unpaired) electrons. The first kappa shape index (κ1) is 20.1. The van der Waals surface area contributed by atoms with Gasteiger partial charge >= 0.3 is 6.36 Å². The Morgan fingerprint density at radius 2 is 1.82 bits per heavy atom. The van der Waals surface area contributed by atoms with Crippen molar-refractivity contribution < 1.29 is 35.8 Å². The number of hydrogen-bond acceptors (Lipinski definition) is 7. The van der Waals surface area contributed by atoms with Crippen LogP contribution < -0.4 is 14.2 Å². The Bertz CT molecular complexity index is 939. The Balaban J connectivity index is 1.78. The van der Waals surface area contributed by atoms with E-state index in [0.29, 0.717) is 6.42 Å². The Morgan fingerprint density at radius 1 is 1.14 bits per heavy atom. The third kappa shape index (κ3) is 4.44. The van der Waals surface area contributed by atoms with Gasteiger partial charge in [0.05, 0.1) is 13.7 Å². The van der Waals surface area contributed by atoms with Crippen molar-refractivity contribution >= 4 is 10.0 Å². The molecule has 2 aromatic rings. The van der Waals surface area contributed by atoms with E-state index in [0.717, 1.165) is 16.4 Å². The number of sulfonamides is 1. The quantitative estimate of drug-likeness (QED) is 0.709. The van der Waals surface area contributed by atoms with Gasteiger partial charge in [0.2, 0.25) is 10.0 Å². The molecule has 0 spiro atoms. The smallest absolute Gasteiger partial charge is 0.477 e. The van der Waals surface area contributed by atoms with Gasteiger partial charge in [-0.15, -0.1) is 13.2 Å². The molecule has 2 heterocycles. The summed E-state index contributed by atoms with van der Waals surface area (Å²) in [4.78, 5) is 7.36. The van der Waals surface area contributed by atoms with Gasteiger partial charge in [0, 0.05) is 18.9 Å². The van der Waals surface area contributed by atoms with E-state index < -0.39 is 33.1 Å². The Hall–Kier alpha value is -2.60. The fraction of sp³-hybridized carbons (Fsp3) is 0.375. The molecule has 8 nitrogen and oxygen atoms in total. The summed E-state index contributed by atoms with van der Waals surface area (Å²) in [7, 11) is -2.83. The van der Waals surface area contributed by atoms with Crippen LogP contribution in [0.2, 0.25) is 0 Å². The number of nitrogens with zero attached hydrogens (tertiary/aromatic N) is 3. The molecule has 1 aromatic carbocycles. The third-order valence-corrected chi connectivity index (χ3v) is 5.81. The molecule has 0 saturated carbocycles. The average Bonchev–Trinajstić information content (AvgIpc) is 3.10. The maximum absolute atomic E-state index is 12.8. The summed E-state index contributed by atoms with van der Waals surface area (Å²) in [6, 6.07) is 4.60. The molecule has 1 saturated heterocycles. The summed E-state index contributed by atoms with van der Waals surface area (Å²) in [6.45, 7) is -0.00164. The first-order valence-corrected chi connectivity index (χ1v) is 9.51. The molecular formula is C16H16F3N3O5S. The summed E-state index contributed by atoms with van der Waals surface area (Å²) in [5.74, 6) is -0.530. The van der Waals surface area contributed by atoms with E-state index in [1.54, 1.807) is 0 Å². The largest absolute Gasteiger partial charge is 0.573 e. The van der Waals surface area contributed by atoms with Crippen molar-refractivity contribution in [2.45, 2.75) is 23.8 Å². The Morgan fingerprint density at radius 3 is 2.50 bits per heavy atom. The second-order valence-electron chi connectivity index (χ2n) is 5.76. The minimum absolute atomic E-state index is 0.0654. The second-order valence-corrected chi connectivity index (χ2v) is 7.66. The van der Waals surface area contributed by atoms with Crippen molar-refractivity contribution in [1.29, 1.82) is 0 Å². The monoisotopic (exact) mass is 419 g/mol. The van der Waals surface area contributed by atoms with E-state index in [-0.39, 0.29) is 24.8 Å². The lowest BCUT2D eigenvalue weighted by molar-refractivity contribution is -0.275. The van der Waals surface area contributed by atoms with E-state index in [4.69, 9.17) is 9.47 Å². The van der Waals surface area contributed by atoms with Gasteiger partial charge in [-0.25, -0.2) is 18.4 Å². The van der Waals surface area contributed by atoms with Gasteiger partial charge in [0.15, 0.2) is 0 Å². The summed E-state index contributed by atoms with van der Waals surface area (Å²) in [5.41, 5.74) is 0. The predicted molar refractivity (Wildman–Crippen MR) is 89.5 cm³/mol.